The summed E-state index contributed by atoms with van der Waals surface area (Å²) in [5.74, 6) is -2.44. The van der Waals surface area contributed by atoms with E-state index in [0.717, 1.165) is 28.6 Å². The van der Waals surface area contributed by atoms with Crippen LogP contribution in [0.1, 0.15) is 15.9 Å². The van der Waals surface area contributed by atoms with Gasteiger partial charge in [0.2, 0.25) is 5.95 Å². The standard InChI is InChI=1S/C22H14F4N4O/c23-19-16(5-2-6-17(19)22(24,25)26)20(31)29-15-4-1-3-12(10-15)13-7-8-18-14(9-13)11-28-21(27)30-18/h1-11H,(H,29,31)(H2,27,28,30). The van der Waals surface area contributed by atoms with Crippen LogP contribution in [-0.4, -0.2) is 15.9 Å². The number of rotatable bonds is 3. The zero-order chi connectivity index (χ0) is 22.2. The number of nitrogens with zero attached hydrogens (tertiary/aromatic N) is 2. The van der Waals surface area contributed by atoms with Crippen LogP contribution in [0.25, 0.3) is 22.0 Å². The van der Waals surface area contributed by atoms with Gasteiger partial charge < -0.3 is 11.1 Å². The number of aromatic nitrogens is 2. The molecule has 0 atom stereocenters. The van der Waals surface area contributed by atoms with Crippen LogP contribution in [0.3, 0.4) is 0 Å². The fraction of sp³-hybridized carbons (Fsp3) is 0.0455. The molecule has 0 aliphatic rings. The summed E-state index contributed by atoms with van der Waals surface area (Å²) in [6.07, 6.45) is -3.31. The Morgan fingerprint density at radius 2 is 1.71 bits per heavy atom. The molecule has 3 aromatic carbocycles. The molecule has 0 saturated carbocycles. The van der Waals surface area contributed by atoms with Gasteiger partial charge >= 0.3 is 6.18 Å². The number of halogens is 4. The Morgan fingerprint density at radius 3 is 2.48 bits per heavy atom. The van der Waals surface area contributed by atoms with Crippen molar-refractivity contribution in [3.05, 3.63) is 83.8 Å². The summed E-state index contributed by atoms with van der Waals surface area (Å²) < 4.78 is 53.0. The van der Waals surface area contributed by atoms with Crippen molar-refractivity contribution in [3.8, 4) is 11.1 Å². The maximum absolute atomic E-state index is 14.2. The lowest BCUT2D eigenvalue weighted by atomic mass is 10.0. The van der Waals surface area contributed by atoms with E-state index in [0.29, 0.717) is 17.3 Å². The molecule has 0 fully saturated rings. The highest BCUT2D eigenvalue weighted by Crippen LogP contribution is 2.33. The molecule has 4 rings (SSSR count). The molecule has 5 nitrogen and oxygen atoms in total. The van der Waals surface area contributed by atoms with E-state index in [2.05, 4.69) is 15.3 Å². The molecule has 1 heterocycles. The van der Waals surface area contributed by atoms with E-state index in [-0.39, 0.29) is 5.95 Å². The summed E-state index contributed by atoms with van der Waals surface area (Å²) in [5.41, 5.74) is 5.88. The van der Waals surface area contributed by atoms with Crippen LogP contribution in [0.15, 0.2) is 66.9 Å². The number of benzene rings is 3. The lowest BCUT2D eigenvalue weighted by Gasteiger charge is -2.12. The first-order chi connectivity index (χ1) is 14.7. The number of nitrogens with one attached hydrogen (secondary N) is 1. The predicted molar refractivity (Wildman–Crippen MR) is 109 cm³/mol. The van der Waals surface area contributed by atoms with Gasteiger partial charge in [-0.1, -0.05) is 24.3 Å². The van der Waals surface area contributed by atoms with Crippen molar-refractivity contribution in [2.24, 2.45) is 0 Å². The highest BCUT2D eigenvalue weighted by atomic mass is 19.4. The van der Waals surface area contributed by atoms with Gasteiger partial charge in [-0.05, 0) is 47.5 Å². The van der Waals surface area contributed by atoms with Gasteiger partial charge in [0.1, 0.15) is 5.82 Å². The van der Waals surface area contributed by atoms with E-state index in [1.54, 1.807) is 36.5 Å². The van der Waals surface area contributed by atoms with Crippen LogP contribution in [0.4, 0.5) is 29.2 Å². The van der Waals surface area contributed by atoms with Gasteiger partial charge in [-0.3, -0.25) is 4.79 Å². The van der Waals surface area contributed by atoms with Crippen LogP contribution in [0, 0.1) is 5.82 Å². The SMILES string of the molecule is Nc1ncc2cc(-c3cccc(NC(=O)c4cccc(C(F)(F)F)c4F)c3)ccc2n1. The first-order valence-electron chi connectivity index (χ1n) is 9.02. The average molecular weight is 426 g/mol. The Balaban J connectivity index is 1.62. The van der Waals surface area contributed by atoms with Gasteiger partial charge in [-0.25, -0.2) is 14.4 Å². The number of hydrogen-bond donors (Lipinski definition) is 2. The molecular weight excluding hydrogens is 412 g/mol. The van der Waals surface area contributed by atoms with Crippen LogP contribution < -0.4 is 11.1 Å². The summed E-state index contributed by atoms with van der Waals surface area (Å²) in [5, 5.41) is 3.20. The second-order valence-electron chi connectivity index (χ2n) is 6.70. The summed E-state index contributed by atoms with van der Waals surface area (Å²) in [6.45, 7) is 0. The summed E-state index contributed by atoms with van der Waals surface area (Å²) in [4.78, 5) is 20.5. The highest BCUT2D eigenvalue weighted by Gasteiger charge is 2.35. The second kappa shape index (κ2) is 7.67. The molecule has 0 unspecified atom stereocenters. The third-order valence-electron chi connectivity index (χ3n) is 4.60. The minimum absolute atomic E-state index is 0.159. The first-order valence-corrected chi connectivity index (χ1v) is 9.02. The summed E-state index contributed by atoms with van der Waals surface area (Å²) in [7, 11) is 0. The number of anilines is 2. The zero-order valence-corrected chi connectivity index (χ0v) is 15.7. The lowest BCUT2D eigenvalue weighted by Crippen LogP contribution is -2.17. The topological polar surface area (TPSA) is 80.9 Å². The number of fused-ring (bicyclic) bond motifs is 1. The van der Waals surface area contributed by atoms with Crippen LogP contribution in [-0.2, 0) is 6.18 Å². The van der Waals surface area contributed by atoms with Gasteiger partial charge in [0.25, 0.3) is 5.91 Å². The number of nitrogens with two attached hydrogens (primary N) is 1. The molecular formula is C22H14F4N4O. The van der Waals surface area contributed by atoms with E-state index in [9.17, 15) is 22.4 Å². The number of carbonyl (C=O) groups is 1. The molecule has 0 radical (unpaired) electrons. The van der Waals surface area contributed by atoms with Gasteiger partial charge in [-0.15, -0.1) is 0 Å². The van der Waals surface area contributed by atoms with E-state index in [4.69, 9.17) is 5.73 Å². The average Bonchev–Trinajstić information content (AvgIpc) is 2.72. The molecule has 156 valence electrons. The number of carbonyl (C=O) groups excluding carboxylic acids is 1. The largest absolute Gasteiger partial charge is 0.419 e. The van der Waals surface area contributed by atoms with Crippen molar-refractivity contribution in [2.45, 2.75) is 6.18 Å². The fourth-order valence-electron chi connectivity index (χ4n) is 3.13. The molecule has 4 aromatic rings. The molecule has 9 heteroatoms. The molecule has 3 N–H and O–H groups in total. The van der Waals surface area contributed by atoms with Crippen LogP contribution in [0.5, 0.6) is 0 Å². The summed E-state index contributed by atoms with van der Waals surface area (Å²) >= 11 is 0. The van der Waals surface area contributed by atoms with Crippen molar-refractivity contribution in [1.82, 2.24) is 9.97 Å². The van der Waals surface area contributed by atoms with Crippen molar-refractivity contribution < 1.29 is 22.4 Å². The Morgan fingerprint density at radius 1 is 0.968 bits per heavy atom. The smallest absolute Gasteiger partial charge is 0.368 e. The number of hydrogen-bond acceptors (Lipinski definition) is 4. The molecule has 0 aliphatic carbocycles. The maximum Gasteiger partial charge on any atom is 0.419 e. The number of amides is 1. The van der Waals surface area contributed by atoms with Crippen LogP contribution >= 0.6 is 0 Å². The van der Waals surface area contributed by atoms with Crippen LogP contribution in [0.2, 0.25) is 0 Å². The minimum Gasteiger partial charge on any atom is -0.368 e. The van der Waals surface area contributed by atoms with E-state index in [1.807, 2.05) is 12.1 Å². The van der Waals surface area contributed by atoms with Crippen molar-refractivity contribution in [1.29, 1.82) is 0 Å². The monoisotopic (exact) mass is 426 g/mol. The predicted octanol–water partition coefficient (Wildman–Crippen LogP) is 5.29. The van der Waals surface area contributed by atoms with Gasteiger partial charge in [0, 0.05) is 17.3 Å². The van der Waals surface area contributed by atoms with E-state index < -0.39 is 29.0 Å². The summed E-state index contributed by atoms with van der Waals surface area (Å²) in [6, 6.07) is 14.6. The maximum atomic E-state index is 14.2. The quantitative estimate of drug-likeness (QED) is 0.436. The molecule has 1 aromatic heterocycles. The molecule has 0 saturated heterocycles. The van der Waals surface area contributed by atoms with Crippen molar-refractivity contribution in [3.63, 3.8) is 0 Å². The van der Waals surface area contributed by atoms with Gasteiger partial charge in [-0.2, -0.15) is 13.2 Å². The first kappa shape index (κ1) is 20.3. The third kappa shape index (κ3) is 4.16. The lowest BCUT2D eigenvalue weighted by molar-refractivity contribution is -0.140. The highest BCUT2D eigenvalue weighted by molar-refractivity contribution is 6.05. The Bertz CT molecular complexity index is 1300. The molecule has 31 heavy (non-hydrogen) atoms. The minimum atomic E-state index is -4.90. The van der Waals surface area contributed by atoms with E-state index >= 15 is 0 Å². The van der Waals surface area contributed by atoms with Gasteiger partial charge in [0.15, 0.2) is 0 Å². The zero-order valence-electron chi connectivity index (χ0n) is 15.7. The Labute approximate surface area is 173 Å². The van der Waals surface area contributed by atoms with E-state index in [1.165, 1.54) is 0 Å². The van der Waals surface area contributed by atoms with Crippen molar-refractivity contribution >= 4 is 28.4 Å². The fourth-order valence-corrected chi connectivity index (χ4v) is 3.13. The molecule has 0 spiro atoms. The number of nitrogen functional groups attached to an aromatic ring is 1. The second-order valence-corrected chi connectivity index (χ2v) is 6.70. The molecule has 0 bridgehead atoms. The normalized spacial score (nSPS) is 11.5. The Hall–Kier alpha value is -4.01. The van der Waals surface area contributed by atoms with Crippen molar-refractivity contribution in [2.75, 3.05) is 11.1 Å². The van der Waals surface area contributed by atoms with Gasteiger partial charge in [0.05, 0.1) is 16.6 Å². The third-order valence-corrected chi connectivity index (χ3v) is 4.60. The number of alkyl halides is 3. The molecule has 0 aliphatic heterocycles. The molecule has 1 amide bonds. The Kier molecular flexibility index (Phi) is 5.02.